The van der Waals surface area contributed by atoms with Gasteiger partial charge in [0.2, 0.25) is 11.8 Å². The van der Waals surface area contributed by atoms with Gasteiger partial charge in [0, 0.05) is 31.6 Å². The van der Waals surface area contributed by atoms with E-state index in [4.69, 9.17) is 0 Å². The Labute approximate surface area is 151 Å². The highest BCUT2D eigenvalue weighted by molar-refractivity contribution is 5.85. The molecule has 6 heteroatoms. The lowest BCUT2D eigenvalue weighted by Crippen LogP contribution is -2.56. The summed E-state index contributed by atoms with van der Waals surface area (Å²) in [5.74, 6) is 0.951. The Balaban J connectivity index is 0.00000208. The van der Waals surface area contributed by atoms with Gasteiger partial charge in [0.25, 0.3) is 0 Å². The van der Waals surface area contributed by atoms with Gasteiger partial charge in [-0.25, -0.2) is 0 Å². The van der Waals surface area contributed by atoms with Crippen molar-refractivity contribution >= 4 is 24.2 Å². The van der Waals surface area contributed by atoms with Crippen molar-refractivity contribution in [1.82, 2.24) is 15.5 Å². The zero-order valence-electron chi connectivity index (χ0n) is 15.0. The highest BCUT2D eigenvalue weighted by Crippen LogP contribution is 2.45. The van der Waals surface area contributed by atoms with Gasteiger partial charge in [-0.15, -0.1) is 12.4 Å². The molecule has 0 aromatic carbocycles. The second-order valence-corrected chi connectivity index (χ2v) is 7.98. The number of fused-ring (bicyclic) bond motifs is 1. The number of hydrogen-bond donors (Lipinski definition) is 2. The molecular weight excluding hydrogens is 326 g/mol. The van der Waals surface area contributed by atoms with E-state index < -0.39 is 0 Å². The van der Waals surface area contributed by atoms with Crippen LogP contribution in [0.4, 0.5) is 0 Å². The summed E-state index contributed by atoms with van der Waals surface area (Å²) in [6, 6.07) is 0.121. The number of likely N-dealkylation sites (tertiary alicyclic amines) is 1. The number of rotatable bonds is 3. The number of carbonyl (C=O) groups is 2. The van der Waals surface area contributed by atoms with Crippen molar-refractivity contribution in [3.8, 4) is 0 Å². The lowest BCUT2D eigenvalue weighted by Gasteiger charge is -2.43. The molecule has 2 heterocycles. The minimum Gasteiger partial charge on any atom is -0.351 e. The number of nitrogens with one attached hydrogen (secondary N) is 2. The highest BCUT2D eigenvalue weighted by Gasteiger charge is 2.51. The maximum Gasteiger partial charge on any atom is 0.230 e. The third-order valence-corrected chi connectivity index (χ3v) is 6.04. The van der Waals surface area contributed by atoms with Crippen molar-refractivity contribution in [3.63, 3.8) is 0 Å². The molecule has 1 saturated carbocycles. The maximum atomic E-state index is 13.3. The van der Waals surface area contributed by atoms with Gasteiger partial charge >= 0.3 is 0 Å². The second kappa shape index (κ2) is 8.05. The summed E-state index contributed by atoms with van der Waals surface area (Å²) >= 11 is 0. The topological polar surface area (TPSA) is 61.4 Å². The van der Waals surface area contributed by atoms with E-state index in [0.717, 1.165) is 38.9 Å². The summed E-state index contributed by atoms with van der Waals surface area (Å²) in [6.07, 6.45) is 6.61. The Morgan fingerprint density at radius 2 is 2.00 bits per heavy atom. The van der Waals surface area contributed by atoms with Crippen LogP contribution in [0.5, 0.6) is 0 Å². The number of piperidine rings is 1. The maximum absolute atomic E-state index is 13.3. The molecule has 0 spiro atoms. The zero-order chi connectivity index (χ0) is 16.4. The van der Waals surface area contributed by atoms with E-state index >= 15 is 0 Å². The number of hydrogen-bond acceptors (Lipinski definition) is 3. The van der Waals surface area contributed by atoms with Crippen LogP contribution in [0, 0.1) is 17.3 Å². The van der Waals surface area contributed by atoms with Gasteiger partial charge in [0.15, 0.2) is 0 Å². The van der Waals surface area contributed by atoms with Gasteiger partial charge < -0.3 is 15.5 Å². The molecule has 0 bridgehead atoms. The van der Waals surface area contributed by atoms with Crippen LogP contribution in [0.1, 0.15) is 52.4 Å². The van der Waals surface area contributed by atoms with Crippen LogP contribution in [0.2, 0.25) is 0 Å². The van der Waals surface area contributed by atoms with Crippen LogP contribution in [-0.4, -0.2) is 48.9 Å². The van der Waals surface area contributed by atoms with E-state index in [9.17, 15) is 9.59 Å². The quantitative estimate of drug-likeness (QED) is 0.811. The van der Waals surface area contributed by atoms with E-state index in [1.54, 1.807) is 0 Å². The molecule has 3 aliphatic rings. The standard InChI is InChI=1S/C18H31N3O2.ClH/c1-13(2)16(22)20-15-7-5-9-21(11-15)17(23)18-8-4-3-6-14(18)10-19-12-18;/h13-15,19H,3-12H2,1-2H3,(H,20,22);1H/t14-,15?,18+;/m0./s1. The fourth-order valence-electron chi connectivity index (χ4n) is 4.63. The first-order valence-corrected chi connectivity index (χ1v) is 9.33. The summed E-state index contributed by atoms with van der Waals surface area (Å²) in [7, 11) is 0. The molecule has 1 unspecified atom stereocenters. The van der Waals surface area contributed by atoms with Crippen molar-refractivity contribution < 1.29 is 9.59 Å². The van der Waals surface area contributed by atoms with E-state index in [1.165, 1.54) is 19.3 Å². The molecule has 2 N–H and O–H groups in total. The number of nitrogens with zero attached hydrogens (tertiary/aromatic N) is 1. The molecule has 138 valence electrons. The van der Waals surface area contributed by atoms with Crippen molar-refractivity contribution in [1.29, 1.82) is 0 Å². The smallest absolute Gasteiger partial charge is 0.230 e. The molecule has 2 aliphatic heterocycles. The monoisotopic (exact) mass is 357 g/mol. The van der Waals surface area contributed by atoms with E-state index in [2.05, 4.69) is 10.6 Å². The van der Waals surface area contributed by atoms with Crippen LogP contribution >= 0.6 is 12.4 Å². The average molecular weight is 358 g/mol. The molecule has 2 saturated heterocycles. The first-order chi connectivity index (χ1) is 11.0. The van der Waals surface area contributed by atoms with Gasteiger partial charge in [-0.3, -0.25) is 9.59 Å². The fraction of sp³-hybridized carbons (Fsp3) is 0.889. The third kappa shape index (κ3) is 3.72. The SMILES string of the molecule is CC(C)C(=O)NC1CCCN(C(=O)[C@@]23CCCC[C@H]2CNC3)C1.Cl. The third-order valence-electron chi connectivity index (χ3n) is 6.04. The average Bonchev–Trinajstić information content (AvgIpc) is 2.99. The van der Waals surface area contributed by atoms with Crippen molar-refractivity contribution in [2.45, 2.75) is 58.4 Å². The normalized spacial score (nSPS) is 32.9. The Kier molecular flexibility index (Phi) is 6.54. The first kappa shape index (κ1) is 19.5. The van der Waals surface area contributed by atoms with E-state index in [1.807, 2.05) is 18.7 Å². The summed E-state index contributed by atoms with van der Waals surface area (Å²) in [5.41, 5.74) is -0.164. The second-order valence-electron chi connectivity index (χ2n) is 7.98. The number of halogens is 1. The summed E-state index contributed by atoms with van der Waals surface area (Å²) < 4.78 is 0. The highest BCUT2D eigenvalue weighted by atomic mass is 35.5. The summed E-state index contributed by atoms with van der Waals surface area (Å²) in [4.78, 5) is 27.3. The molecule has 0 aromatic rings. The predicted molar refractivity (Wildman–Crippen MR) is 97.1 cm³/mol. The molecule has 3 rings (SSSR count). The lowest BCUT2D eigenvalue weighted by molar-refractivity contribution is -0.147. The van der Waals surface area contributed by atoms with Crippen LogP contribution in [0.15, 0.2) is 0 Å². The van der Waals surface area contributed by atoms with Crippen LogP contribution < -0.4 is 10.6 Å². The minimum absolute atomic E-state index is 0. The molecule has 0 radical (unpaired) electrons. The summed E-state index contributed by atoms with van der Waals surface area (Å²) in [6.45, 7) is 7.20. The molecule has 3 fully saturated rings. The van der Waals surface area contributed by atoms with Crippen LogP contribution in [0.3, 0.4) is 0 Å². The van der Waals surface area contributed by atoms with E-state index in [-0.39, 0.29) is 35.7 Å². The van der Waals surface area contributed by atoms with Crippen LogP contribution in [0.25, 0.3) is 0 Å². The van der Waals surface area contributed by atoms with Gasteiger partial charge in [0.05, 0.1) is 5.41 Å². The minimum atomic E-state index is -0.164. The molecule has 3 atom stereocenters. The largest absolute Gasteiger partial charge is 0.351 e. The predicted octanol–water partition coefficient (Wildman–Crippen LogP) is 1.95. The van der Waals surface area contributed by atoms with Gasteiger partial charge in [-0.1, -0.05) is 26.7 Å². The first-order valence-electron chi connectivity index (χ1n) is 9.33. The van der Waals surface area contributed by atoms with Crippen molar-refractivity contribution in [3.05, 3.63) is 0 Å². The molecular formula is C18H32ClN3O2. The Bertz CT molecular complexity index is 471. The molecule has 1 aliphatic carbocycles. The molecule has 24 heavy (non-hydrogen) atoms. The van der Waals surface area contributed by atoms with Crippen molar-refractivity contribution in [2.75, 3.05) is 26.2 Å². The lowest BCUT2D eigenvalue weighted by atomic mass is 9.67. The number of carbonyl (C=O) groups excluding carboxylic acids is 2. The fourth-order valence-corrected chi connectivity index (χ4v) is 4.63. The Hall–Kier alpha value is -0.810. The number of amides is 2. The van der Waals surface area contributed by atoms with E-state index in [0.29, 0.717) is 18.4 Å². The Morgan fingerprint density at radius 3 is 2.75 bits per heavy atom. The van der Waals surface area contributed by atoms with Gasteiger partial charge in [-0.05, 0) is 38.1 Å². The van der Waals surface area contributed by atoms with Gasteiger partial charge in [-0.2, -0.15) is 0 Å². The molecule has 0 aromatic heterocycles. The Morgan fingerprint density at radius 1 is 1.21 bits per heavy atom. The van der Waals surface area contributed by atoms with Gasteiger partial charge in [0.1, 0.15) is 0 Å². The molecule has 5 nitrogen and oxygen atoms in total. The zero-order valence-corrected chi connectivity index (χ0v) is 15.8. The van der Waals surface area contributed by atoms with Crippen molar-refractivity contribution in [2.24, 2.45) is 17.3 Å². The van der Waals surface area contributed by atoms with Crippen LogP contribution in [-0.2, 0) is 9.59 Å². The molecule has 2 amide bonds. The summed E-state index contributed by atoms with van der Waals surface area (Å²) in [5, 5.41) is 6.58.